The summed E-state index contributed by atoms with van der Waals surface area (Å²) in [4.78, 5) is 9.09. The van der Waals surface area contributed by atoms with E-state index >= 15 is 0 Å². The molecule has 2 aromatic rings. The summed E-state index contributed by atoms with van der Waals surface area (Å²) in [6, 6.07) is 8.94. The summed E-state index contributed by atoms with van der Waals surface area (Å²) in [6.45, 7) is 7.03. The first-order valence-corrected chi connectivity index (χ1v) is 8.00. The summed E-state index contributed by atoms with van der Waals surface area (Å²) >= 11 is 0. The van der Waals surface area contributed by atoms with Crippen LogP contribution in [-0.4, -0.2) is 10.7 Å². The van der Waals surface area contributed by atoms with Crippen molar-refractivity contribution >= 4 is 5.71 Å². The van der Waals surface area contributed by atoms with Crippen LogP contribution in [0.15, 0.2) is 47.6 Å². The Kier molecular flexibility index (Phi) is 3.18. The molecule has 2 nitrogen and oxygen atoms in total. The van der Waals surface area contributed by atoms with Crippen LogP contribution in [0.3, 0.4) is 0 Å². The minimum atomic E-state index is 0.797. The molecule has 0 atom stereocenters. The van der Waals surface area contributed by atoms with Gasteiger partial charge in [0.25, 0.3) is 0 Å². The summed E-state index contributed by atoms with van der Waals surface area (Å²) < 4.78 is 0. The molecule has 0 N–H and O–H groups in total. The lowest BCUT2D eigenvalue weighted by Gasteiger charge is -2.11. The molecular weight excluding hydrogens is 268 g/mol. The maximum Gasteiger partial charge on any atom is 0.0727 e. The van der Waals surface area contributed by atoms with Gasteiger partial charge in [0.05, 0.1) is 12.3 Å². The Morgan fingerprint density at radius 2 is 1.95 bits per heavy atom. The fraction of sp³-hybridized carbons (Fsp3) is 0.300. The van der Waals surface area contributed by atoms with E-state index in [4.69, 9.17) is 4.99 Å². The molecule has 2 aliphatic rings. The van der Waals surface area contributed by atoms with Gasteiger partial charge >= 0.3 is 0 Å². The topological polar surface area (TPSA) is 25.2 Å². The number of allylic oxidation sites excluding steroid dienone is 1. The molecule has 0 bridgehead atoms. The Hall–Kier alpha value is -2.22. The first-order valence-electron chi connectivity index (χ1n) is 8.00. The number of hydrogen-bond donors (Lipinski definition) is 0. The van der Waals surface area contributed by atoms with Crippen molar-refractivity contribution in [3.8, 4) is 0 Å². The fourth-order valence-corrected chi connectivity index (χ4v) is 3.56. The second kappa shape index (κ2) is 5.20. The molecule has 22 heavy (non-hydrogen) atoms. The van der Waals surface area contributed by atoms with Crippen LogP contribution in [0.2, 0.25) is 0 Å². The van der Waals surface area contributed by atoms with Crippen molar-refractivity contribution in [3.63, 3.8) is 0 Å². The van der Waals surface area contributed by atoms with E-state index < -0.39 is 0 Å². The normalized spacial score (nSPS) is 16.8. The molecule has 1 aliphatic carbocycles. The molecular formula is C20H20N2. The average molecular weight is 288 g/mol. The summed E-state index contributed by atoms with van der Waals surface area (Å²) in [5.74, 6) is 0. The van der Waals surface area contributed by atoms with E-state index in [9.17, 15) is 0 Å². The second-order valence-electron chi connectivity index (χ2n) is 6.41. The van der Waals surface area contributed by atoms with Gasteiger partial charge in [-0.3, -0.25) is 9.98 Å². The highest BCUT2D eigenvalue weighted by Gasteiger charge is 2.21. The maximum absolute atomic E-state index is 4.80. The molecule has 0 amide bonds. The number of benzene rings is 1. The van der Waals surface area contributed by atoms with E-state index in [0.29, 0.717) is 0 Å². The number of rotatable bonds is 1. The zero-order valence-electron chi connectivity index (χ0n) is 13.0. The lowest BCUT2D eigenvalue weighted by atomic mass is 9.92. The molecule has 0 fully saturated rings. The molecule has 0 saturated heterocycles. The highest BCUT2D eigenvalue weighted by molar-refractivity contribution is 6.15. The minimum absolute atomic E-state index is 0.797. The third kappa shape index (κ3) is 2.29. The van der Waals surface area contributed by atoms with Gasteiger partial charge in [-0.1, -0.05) is 18.2 Å². The van der Waals surface area contributed by atoms with Crippen molar-refractivity contribution in [2.45, 2.75) is 39.2 Å². The molecule has 1 aliphatic heterocycles. The van der Waals surface area contributed by atoms with E-state index in [1.54, 1.807) is 0 Å². The molecule has 2 heterocycles. The van der Waals surface area contributed by atoms with Crippen LogP contribution in [0.5, 0.6) is 0 Å². The van der Waals surface area contributed by atoms with Crippen LogP contribution in [0.1, 0.15) is 46.4 Å². The van der Waals surface area contributed by atoms with Gasteiger partial charge in [0.2, 0.25) is 0 Å². The first-order chi connectivity index (χ1) is 10.7. The number of aryl methyl sites for hydroxylation is 2. The predicted molar refractivity (Wildman–Crippen MR) is 90.5 cm³/mol. The summed E-state index contributed by atoms with van der Waals surface area (Å²) in [5.41, 5.74) is 10.3. The molecule has 4 rings (SSSR count). The quantitative estimate of drug-likeness (QED) is 0.571. The maximum atomic E-state index is 4.80. The second-order valence-corrected chi connectivity index (χ2v) is 6.41. The van der Waals surface area contributed by atoms with E-state index in [-0.39, 0.29) is 0 Å². The molecule has 1 aromatic heterocycles. The summed E-state index contributed by atoms with van der Waals surface area (Å²) in [5, 5.41) is 0. The third-order valence-electron chi connectivity index (χ3n) is 4.68. The van der Waals surface area contributed by atoms with E-state index in [2.05, 4.69) is 35.8 Å². The van der Waals surface area contributed by atoms with Crippen molar-refractivity contribution in [2.75, 3.05) is 0 Å². The fourth-order valence-electron chi connectivity index (χ4n) is 3.56. The number of aliphatic imine (C=N–C) groups is 1. The molecule has 110 valence electrons. The van der Waals surface area contributed by atoms with Crippen molar-refractivity contribution in [1.29, 1.82) is 0 Å². The lowest BCUT2D eigenvalue weighted by molar-refractivity contribution is 0.828. The van der Waals surface area contributed by atoms with Crippen molar-refractivity contribution in [2.24, 2.45) is 4.99 Å². The van der Waals surface area contributed by atoms with Crippen LogP contribution in [0.4, 0.5) is 0 Å². The first kappa shape index (κ1) is 13.4. The molecule has 0 spiro atoms. The minimum Gasteiger partial charge on any atom is -0.279 e. The van der Waals surface area contributed by atoms with Crippen LogP contribution >= 0.6 is 0 Å². The van der Waals surface area contributed by atoms with Crippen molar-refractivity contribution in [3.05, 3.63) is 76.1 Å². The van der Waals surface area contributed by atoms with Gasteiger partial charge in [-0.2, -0.15) is 0 Å². The Balaban J connectivity index is 1.78. The van der Waals surface area contributed by atoms with Gasteiger partial charge in [-0.15, -0.1) is 0 Å². The van der Waals surface area contributed by atoms with Crippen LogP contribution < -0.4 is 0 Å². The Labute approximate surface area is 131 Å². The lowest BCUT2D eigenvalue weighted by Crippen LogP contribution is -2.04. The standard InChI is InChI=1S/C20H20N2/c1-13-4-3-5-15-11-19-18(10-17(15)8-13)12-22-20(19)16-6-7-21-14(2)9-16/h6-7,9-11H,1,3-5,8,12H2,2H3. The number of fused-ring (bicyclic) bond motifs is 2. The average Bonchev–Trinajstić information content (AvgIpc) is 2.80. The summed E-state index contributed by atoms with van der Waals surface area (Å²) in [6.07, 6.45) is 6.44. The molecule has 0 saturated carbocycles. The molecule has 1 aromatic carbocycles. The van der Waals surface area contributed by atoms with Gasteiger partial charge in [0, 0.05) is 23.0 Å². The van der Waals surface area contributed by atoms with Gasteiger partial charge < -0.3 is 0 Å². The van der Waals surface area contributed by atoms with Gasteiger partial charge in [-0.25, -0.2) is 0 Å². The Bertz CT molecular complexity index is 799. The number of pyridine rings is 1. The smallest absolute Gasteiger partial charge is 0.0727 e. The summed E-state index contributed by atoms with van der Waals surface area (Å²) in [7, 11) is 0. The molecule has 2 heteroatoms. The van der Waals surface area contributed by atoms with Gasteiger partial charge in [-0.05, 0) is 67.5 Å². The SMILES string of the molecule is C=C1CCCc2cc3c(cc2C1)CN=C3c1ccnc(C)c1. The van der Waals surface area contributed by atoms with Crippen molar-refractivity contribution in [1.82, 2.24) is 4.98 Å². The monoisotopic (exact) mass is 288 g/mol. The van der Waals surface area contributed by atoms with E-state index in [1.807, 2.05) is 13.1 Å². The van der Waals surface area contributed by atoms with E-state index in [0.717, 1.165) is 37.2 Å². The van der Waals surface area contributed by atoms with Gasteiger partial charge in [0.1, 0.15) is 0 Å². The van der Waals surface area contributed by atoms with Crippen LogP contribution in [0, 0.1) is 6.92 Å². The Morgan fingerprint density at radius 3 is 2.82 bits per heavy atom. The van der Waals surface area contributed by atoms with E-state index in [1.165, 1.54) is 39.8 Å². The molecule has 0 unspecified atom stereocenters. The predicted octanol–water partition coefficient (Wildman–Crippen LogP) is 4.18. The Morgan fingerprint density at radius 1 is 1.05 bits per heavy atom. The largest absolute Gasteiger partial charge is 0.279 e. The highest BCUT2D eigenvalue weighted by Crippen LogP contribution is 2.31. The number of aromatic nitrogens is 1. The zero-order chi connectivity index (χ0) is 15.1. The van der Waals surface area contributed by atoms with Gasteiger partial charge in [0.15, 0.2) is 0 Å². The number of hydrogen-bond acceptors (Lipinski definition) is 2. The molecule has 0 radical (unpaired) electrons. The highest BCUT2D eigenvalue weighted by atomic mass is 14.8. The van der Waals surface area contributed by atoms with Crippen LogP contribution in [-0.2, 0) is 19.4 Å². The zero-order valence-corrected chi connectivity index (χ0v) is 13.0. The number of nitrogens with zero attached hydrogens (tertiary/aromatic N) is 2. The van der Waals surface area contributed by atoms with Crippen LogP contribution in [0.25, 0.3) is 0 Å². The third-order valence-corrected chi connectivity index (χ3v) is 4.68. The van der Waals surface area contributed by atoms with Crippen molar-refractivity contribution < 1.29 is 0 Å².